The van der Waals surface area contributed by atoms with Crippen molar-refractivity contribution < 1.29 is 8.42 Å². The van der Waals surface area contributed by atoms with Gasteiger partial charge in [0.05, 0.1) is 11.2 Å². The fraction of sp³-hybridized carbons (Fsp3) is 0.520. The first-order chi connectivity index (χ1) is 16.6. The molecule has 2 aliphatic heterocycles. The van der Waals surface area contributed by atoms with E-state index >= 15 is 0 Å². The Labute approximate surface area is 224 Å². The predicted molar refractivity (Wildman–Crippen MR) is 144 cm³/mol. The van der Waals surface area contributed by atoms with Gasteiger partial charge in [0.1, 0.15) is 4.90 Å². The van der Waals surface area contributed by atoms with Gasteiger partial charge in [-0.1, -0.05) is 60.8 Å². The molecule has 1 N–H and O–H groups in total. The molecular formula is C25H33Cl3N4O2S. The van der Waals surface area contributed by atoms with Gasteiger partial charge < -0.3 is 4.90 Å². The topological polar surface area (TPSA) is 55.9 Å². The number of nitrogens with zero attached hydrogens (tertiary/aromatic N) is 3. The molecule has 2 fully saturated rings. The van der Waals surface area contributed by atoms with Gasteiger partial charge in [-0.15, -0.1) is 0 Å². The average Bonchev–Trinajstić information content (AvgIpc) is 2.80. The van der Waals surface area contributed by atoms with Gasteiger partial charge in [0.25, 0.3) is 0 Å². The Morgan fingerprint density at radius 3 is 2.34 bits per heavy atom. The minimum Gasteiger partial charge on any atom is -0.304 e. The molecule has 0 aromatic heterocycles. The van der Waals surface area contributed by atoms with Crippen LogP contribution in [0.2, 0.25) is 15.1 Å². The van der Waals surface area contributed by atoms with Gasteiger partial charge >= 0.3 is 0 Å². The Hall–Kier alpha value is -0.900. The van der Waals surface area contributed by atoms with Crippen LogP contribution in [0.15, 0.2) is 47.4 Å². The number of benzene rings is 2. The molecule has 6 nitrogen and oxygen atoms in total. The van der Waals surface area contributed by atoms with Gasteiger partial charge in [-0.25, -0.2) is 8.42 Å². The fourth-order valence-corrected chi connectivity index (χ4v) is 7.60. The highest BCUT2D eigenvalue weighted by Gasteiger charge is 2.42. The van der Waals surface area contributed by atoms with Gasteiger partial charge in [0.2, 0.25) is 10.0 Å². The zero-order valence-electron chi connectivity index (χ0n) is 20.3. The zero-order chi connectivity index (χ0) is 25.3. The quantitative estimate of drug-likeness (QED) is 0.567. The molecule has 192 valence electrons. The van der Waals surface area contributed by atoms with Gasteiger partial charge in [-0.3, -0.25) is 10.2 Å². The van der Waals surface area contributed by atoms with Crippen LogP contribution in [-0.4, -0.2) is 80.5 Å². The van der Waals surface area contributed by atoms with E-state index in [-0.39, 0.29) is 22.1 Å². The number of nitrogens with one attached hydrogen (secondary N) is 1. The molecule has 3 unspecified atom stereocenters. The lowest BCUT2D eigenvalue weighted by Gasteiger charge is -2.50. The molecule has 2 heterocycles. The van der Waals surface area contributed by atoms with Crippen LogP contribution in [0.1, 0.15) is 19.4 Å². The first-order valence-electron chi connectivity index (χ1n) is 11.9. The third-order valence-corrected chi connectivity index (χ3v) is 9.94. The van der Waals surface area contributed by atoms with Crippen LogP contribution in [0, 0.1) is 5.92 Å². The number of piperazine rings is 2. The van der Waals surface area contributed by atoms with Gasteiger partial charge in [-0.05, 0) is 55.3 Å². The molecule has 4 rings (SSSR count). The van der Waals surface area contributed by atoms with Crippen molar-refractivity contribution in [1.29, 1.82) is 0 Å². The molecule has 0 bridgehead atoms. The number of hydrogen-bond donors (Lipinski definition) is 1. The largest absolute Gasteiger partial charge is 0.304 e. The molecule has 0 saturated carbocycles. The molecule has 2 saturated heterocycles. The highest BCUT2D eigenvalue weighted by molar-refractivity contribution is 7.89. The van der Waals surface area contributed by atoms with Crippen molar-refractivity contribution in [3.63, 3.8) is 0 Å². The molecule has 2 aromatic rings. The molecule has 10 heteroatoms. The van der Waals surface area contributed by atoms with E-state index in [4.69, 9.17) is 34.8 Å². The van der Waals surface area contributed by atoms with E-state index in [1.54, 1.807) is 10.4 Å². The minimum atomic E-state index is -3.87. The van der Waals surface area contributed by atoms with Crippen molar-refractivity contribution in [2.24, 2.45) is 5.92 Å². The van der Waals surface area contributed by atoms with Crippen molar-refractivity contribution in [1.82, 2.24) is 19.4 Å². The molecule has 0 aliphatic carbocycles. The van der Waals surface area contributed by atoms with Crippen LogP contribution in [0.5, 0.6) is 0 Å². The minimum absolute atomic E-state index is 0.0848. The van der Waals surface area contributed by atoms with E-state index in [1.165, 1.54) is 12.1 Å². The Morgan fingerprint density at radius 1 is 1.00 bits per heavy atom. The Balaban J connectivity index is 1.66. The first-order valence-corrected chi connectivity index (χ1v) is 14.5. The fourth-order valence-electron chi connectivity index (χ4n) is 5.10. The average molecular weight is 560 g/mol. The van der Waals surface area contributed by atoms with Gasteiger partial charge in [0, 0.05) is 54.9 Å². The van der Waals surface area contributed by atoms with Crippen LogP contribution in [0.25, 0.3) is 0 Å². The van der Waals surface area contributed by atoms with E-state index in [1.807, 2.05) is 24.3 Å². The summed E-state index contributed by atoms with van der Waals surface area (Å²) in [5.74, 6) is 0.446. The Morgan fingerprint density at radius 2 is 1.69 bits per heavy atom. The summed E-state index contributed by atoms with van der Waals surface area (Å²) in [6.45, 7) is 8.12. The van der Waals surface area contributed by atoms with Crippen molar-refractivity contribution in [2.45, 2.75) is 43.4 Å². The summed E-state index contributed by atoms with van der Waals surface area (Å²) in [7, 11) is -1.73. The molecule has 3 atom stereocenters. The van der Waals surface area contributed by atoms with E-state index in [0.717, 1.165) is 25.2 Å². The third-order valence-electron chi connectivity index (χ3n) is 7.05. The molecule has 0 radical (unpaired) electrons. The number of hydrogen-bond acceptors (Lipinski definition) is 5. The maximum Gasteiger partial charge on any atom is 0.244 e. The molecule has 2 aromatic carbocycles. The molecule has 0 amide bonds. The Kier molecular flexibility index (Phi) is 8.71. The normalized spacial score (nSPS) is 25.3. The second kappa shape index (κ2) is 11.2. The number of rotatable bonds is 6. The van der Waals surface area contributed by atoms with Gasteiger partial charge in [0.15, 0.2) is 0 Å². The summed E-state index contributed by atoms with van der Waals surface area (Å²) in [5.41, 5.74) is 1.03. The van der Waals surface area contributed by atoms with Crippen LogP contribution in [0.4, 0.5) is 0 Å². The van der Waals surface area contributed by atoms with Crippen LogP contribution in [0.3, 0.4) is 0 Å². The standard InChI is InChI=1S/C25H33Cl3N4O2S/c1-17(2)23-15-30(3)10-11-31(23)25-16-32(35(33,34)24-9-8-20(27)13-22(24)28)21(14-29-25)12-18-4-6-19(26)7-5-18/h4-9,13,17,21,23,25,29H,10-12,14-16H2,1-3H3. The summed E-state index contributed by atoms with van der Waals surface area (Å²) >= 11 is 18.5. The Bertz CT molecular complexity index is 1130. The summed E-state index contributed by atoms with van der Waals surface area (Å²) in [6.07, 6.45) is 0.482. The smallest absolute Gasteiger partial charge is 0.244 e. The molecule has 0 spiro atoms. The SMILES string of the molecule is CC(C)C1CN(C)CCN1C1CN(S(=O)(=O)c2ccc(Cl)cc2Cl)C(Cc2ccc(Cl)cc2)CN1. The summed E-state index contributed by atoms with van der Waals surface area (Å²) < 4.78 is 29.6. The van der Waals surface area contributed by atoms with Crippen molar-refractivity contribution in [3.8, 4) is 0 Å². The second-order valence-electron chi connectivity index (χ2n) is 9.87. The van der Waals surface area contributed by atoms with Crippen molar-refractivity contribution >= 4 is 44.8 Å². The third kappa shape index (κ3) is 6.16. The zero-order valence-corrected chi connectivity index (χ0v) is 23.4. The second-order valence-corrected chi connectivity index (χ2v) is 13.0. The highest BCUT2D eigenvalue weighted by Crippen LogP contribution is 2.31. The maximum atomic E-state index is 14.0. The van der Waals surface area contributed by atoms with Crippen LogP contribution < -0.4 is 5.32 Å². The van der Waals surface area contributed by atoms with E-state index in [0.29, 0.717) is 41.5 Å². The number of halogens is 3. The number of sulfonamides is 1. The van der Waals surface area contributed by atoms with E-state index in [2.05, 4.69) is 36.0 Å². The molecular weight excluding hydrogens is 527 g/mol. The summed E-state index contributed by atoms with van der Waals surface area (Å²) in [6, 6.07) is 12.2. The summed E-state index contributed by atoms with van der Waals surface area (Å²) in [5, 5.41) is 4.87. The monoisotopic (exact) mass is 558 g/mol. The van der Waals surface area contributed by atoms with Crippen LogP contribution >= 0.6 is 34.8 Å². The molecule has 35 heavy (non-hydrogen) atoms. The van der Waals surface area contributed by atoms with E-state index < -0.39 is 10.0 Å². The lowest BCUT2D eigenvalue weighted by molar-refractivity contribution is -0.00529. The van der Waals surface area contributed by atoms with Gasteiger partial charge in [-0.2, -0.15) is 4.31 Å². The maximum absolute atomic E-state index is 14.0. The lowest BCUT2D eigenvalue weighted by Crippen LogP contribution is -2.68. The van der Waals surface area contributed by atoms with E-state index in [9.17, 15) is 8.42 Å². The van der Waals surface area contributed by atoms with Crippen molar-refractivity contribution in [3.05, 3.63) is 63.1 Å². The van der Waals surface area contributed by atoms with Crippen molar-refractivity contribution in [2.75, 3.05) is 39.8 Å². The first kappa shape index (κ1) is 27.1. The highest BCUT2D eigenvalue weighted by atomic mass is 35.5. The predicted octanol–water partition coefficient (Wildman–Crippen LogP) is 4.45. The van der Waals surface area contributed by atoms with Crippen LogP contribution in [-0.2, 0) is 16.4 Å². The lowest BCUT2D eigenvalue weighted by atomic mass is 9.98. The number of likely N-dealkylation sites (N-methyl/N-ethyl adjacent to an activating group) is 1. The molecule has 2 aliphatic rings. The summed E-state index contributed by atoms with van der Waals surface area (Å²) in [4.78, 5) is 4.87.